The average Bonchev–Trinajstić information content (AvgIpc) is 2.35. The molecule has 1 rings (SSSR count). The number of hydrogen-bond acceptors (Lipinski definition) is 4. The van der Waals surface area contributed by atoms with Crippen LogP contribution in [0.3, 0.4) is 0 Å². The van der Waals surface area contributed by atoms with Crippen LogP contribution in [0.15, 0.2) is 24.3 Å². The minimum Gasteiger partial charge on any atom is -0.383 e. The summed E-state index contributed by atoms with van der Waals surface area (Å²) in [6.45, 7) is 2.42. The van der Waals surface area contributed by atoms with E-state index in [2.05, 4.69) is 24.5 Å². The fourth-order valence-corrected chi connectivity index (χ4v) is 2.56. The van der Waals surface area contributed by atoms with E-state index in [0.29, 0.717) is 6.61 Å². The molecule has 0 saturated heterocycles. The van der Waals surface area contributed by atoms with Gasteiger partial charge in [0.05, 0.1) is 6.61 Å². The molecule has 0 fully saturated rings. The molecule has 94 valence electrons. The van der Waals surface area contributed by atoms with Gasteiger partial charge in [0, 0.05) is 12.9 Å². The number of rotatable bonds is 6. The van der Waals surface area contributed by atoms with Crippen molar-refractivity contribution < 1.29 is 9.53 Å². The first kappa shape index (κ1) is 14.0. The maximum absolute atomic E-state index is 11.5. The number of hydrazine groups is 1. The van der Waals surface area contributed by atoms with Gasteiger partial charge in [-0.25, -0.2) is 5.84 Å². The Hall–Kier alpha value is -1.04. The van der Waals surface area contributed by atoms with Gasteiger partial charge in [0.2, 0.25) is 5.91 Å². The van der Waals surface area contributed by atoms with Gasteiger partial charge in [-0.3, -0.25) is 10.2 Å². The Balaban J connectivity index is 2.57. The molecular formula is C12H18N2O2S. The number of carbonyl (C=O) groups excluding carboxylic acids is 1. The minimum absolute atomic E-state index is 0.203. The zero-order valence-corrected chi connectivity index (χ0v) is 10.9. The lowest BCUT2D eigenvalue weighted by molar-refractivity contribution is -0.121. The van der Waals surface area contributed by atoms with Gasteiger partial charge in [0.25, 0.3) is 0 Å². The second-order valence-corrected chi connectivity index (χ2v) is 4.88. The van der Waals surface area contributed by atoms with E-state index in [4.69, 9.17) is 10.6 Å². The number of nitrogens with one attached hydrogen (secondary N) is 1. The topological polar surface area (TPSA) is 64.3 Å². The molecule has 0 aliphatic heterocycles. The molecule has 0 aliphatic carbocycles. The van der Waals surface area contributed by atoms with Crippen molar-refractivity contribution in [1.82, 2.24) is 5.43 Å². The monoisotopic (exact) mass is 254 g/mol. The van der Waals surface area contributed by atoms with Gasteiger partial charge in [-0.1, -0.05) is 24.3 Å². The third kappa shape index (κ3) is 4.38. The number of aryl methyl sites for hydroxylation is 1. The van der Waals surface area contributed by atoms with E-state index in [1.807, 2.05) is 12.1 Å². The third-order valence-electron chi connectivity index (χ3n) is 2.45. The van der Waals surface area contributed by atoms with Gasteiger partial charge in [-0.15, -0.1) is 11.8 Å². The summed E-state index contributed by atoms with van der Waals surface area (Å²) >= 11 is 1.53. The molecule has 0 aromatic heterocycles. The lowest BCUT2D eigenvalue weighted by atomic mass is 10.1. The fourth-order valence-electron chi connectivity index (χ4n) is 1.41. The molecule has 0 aliphatic rings. The van der Waals surface area contributed by atoms with Crippen LogP contribution in [0.5, 0.6) is 0 Å². The van der Waals surface area contributed by atoms with Crippen LogP contribution in [-0.4, -0.2) is 24.9 Å². The highest BCUT2D eigenvalue weighted by Gasteiger charge is 2.18. The van der Waals surface area contributed by atoms with Crippen molar-refractivity contribution in [3.63, 3.8) is 0 Å². The zero-order chi connectivity index (χ0) is 12.7. The zero-order valence-electron chi connectivity index (χ0n) is 10.1. The highest BCUT2D eigenvalue weighted by Crippen LogP contribution is 2.20. The Labute approximate surface area is 106 Å². The lowest BCUT2D eigenvalue weighted by Crippen LogP contribution is -2.39. The average molecular weight is 254 g/mol. The maximum Gasteiger partial charge on any atom is 0.249 e. The molecular weight excluding hydrogens is 236 g/mol. The molecule has 1 atom stereocenters. The van der Waals surface area contributed by atoms with Crippen LogP contribution in [0.2, 0.25) is 0 Å². The molecule has 0 heterocycles. The highest BCUT2D eigenvalue weighted by molar-refractivity contribution is 7.99. The Morgan fingerprint density at radius 2 is 2.24 bits per heavy atom. The quantitative estimate of drug-likeness (QED) is 0.455. The summed E-state index contributed by atoms with van der Waals surface area (Å²) in [6.07, 6.45) is 0. The first-order chi connectivity index (χ1) is 8.19. The molecule has 3 N–H and O–H groups in total. The van der Waals surface area contributed by atoms with Crippen molar-refractivity contribution in [1.29, 1.82) is 0 Å². The van der Waals surface area contributed by atoms with Gasteiger partial charge in [0.1, 0.15) is 5.25 Å². The molecule has 1 amide bonds. The summed E-state index contributed by atoms with van der Waals surface area (Å²) in [5.41, 5.74) is 4.61. The van der Waals surface area contributed by atoms with E-state index in [0.717, 1.165) is 5.75 Å². The molecule has 1 aromatic rings. The van der Waals surface area contributed by atoms with Crippen molar-refractivity contribution in [3.8, 4) is 0 Å². The summed E-state index contributed by atoms with van der Waals surface area (Å²) in [7, 11) is 1.57. The number of amides is 1. The molecule has 1 unspecified atom stereocenters. The van der Waals surface area contributed by atoms with Crippen LogP contribution >= 0.6 is 11.8 Å². The number of ether oxygens (including phenoxy) is 1. The second kappa shape index (κ2) is 7.32. The molecule has 4 nitrogen and oxygen atoms in total. The predicted octanol–water partition coefficient (Wildman–Crippen LogP) is 1.23. The van der Waals surface area contributed by atoms with Crippen LogP contribution < -0.4 is 11.3 Å². The SMILES string of the molecule is COCC(SCc1ccccc1C)C(=O)NN. The summed E-state index contributed by atoms with van der Waals surface area (Å²) in [4.78, 5) is 11.5. The summed E-state index contributed by atoms with van der Waals surface area (Å²) in [6, 6.07) is 8.12. The van der Waals surface area contributed by atoms with E-state index < -0.39 is 0 Å². The number of hydrogen-bond donors (Lipinski definition) is 2. The number of methoxy groups -OCH3 is 1. The highest BCUT2D eigenvalue weighted by atomic mass is 32.2. The summed E-state index contributed by atoms with van der Waals surface area (Å²) in [5.74, 6) is 5.70. The normalized spacial score (nSPS) is 12.2. The molecule has 0 radical (unpaired) electrons. The Morgan fingerprint density at radius 1 is 1.53 bits per heavy atom. The van der Waals surface area contributed by atoms with Gasteiger partial charge in [-0.05, 0) is 18.1 Å². The van der Waals surface area contributed by atoms with E-state index in [-0.39, 0.29) is 11.2 Å². The number of thioether (sulfide) groups is 1. The molecule has 0 saturated carbocycles. The van der Waals surface area contributed by atoms with Gasteiger partial charge in [-0.2, -0.15) is 0 Å². The first-order valence-electron chi connectivity index (χ1n) is 5.34. The summed E-state index contributed by atoms with van der Waals surface area (Å²) < 4.78 is 5.01. The predicted molar refractivity (Wildman–Crippen MR) is 70.5 cm³/mol. The fraction of sp³-hybridized carbons (Fsp3) is 0.417. The van der Waals surface area contributed by atoms with Crippen molar-refractivity contribution >= 4 is 17.7 Å². The van der Waals surface area contributed by atoms with Crippen molar-refractivity contribution in [2.45, 2.75) is 17.9 Å². The van der Waals surface area contributed by atoms with E-state index in [1.54, 1.807) is 7.11 Å². The van der Waals surface area contributed by atoms with Gasteiger partial charge in [0.15, 0.2) is 0 Å². The molecule has 0 bridgehead atoms. The molecule has 1 aromatic carbocycles. The van der Waals surface area contributed by atoms with Gasteiger partial charge >= 0.3 is 0 Å². The molecule has 5 heteroatoms. The Morgan fingerprint density at radius 3 is 2.82 bits per heavy atom. The summed E-state index contributed by atoms with van der Waals surface area (Å²) in [5, 5.41) is -0.274. The number of nitrogens with two attached hydrogens (primary N) is 1. The van der Waals surface area contributed by atoms with Crippen LogP contribution in [0.4, 0.5) is 0 Å². The smallest absolute Gasteiger partial charge is 0.249 e. The second-order valence-electron chi connectivity index (χ2n) is 3.69. The van der Waals surface area contributed by atoms with E-state index in [9.17, 15) is 4.79 Å². The standard InChI is InChI=1S/C12H18N2O2S/c1-9-5-3-4-6-10(9)8-17-11(7-16-2)12(15)14-13/h3-6,11H,7-8,13H2,1-2H3,(H,14,15). The first-order valence-corrected chi connectivity index (χ1v) is 6.39. The van der Waals surface area contributed by atoms with Crippen LogP contribution in [0, 0.1) is 6.92 Å². The van der Waals surface area contributed by atoms with Crippen molar-refractivity contribution in [3.05, 3.63) is 35.4 Å². The van der Waals surface area contributed by atoms with E-state index >= 15 is 0 Å². The lowest BCUT2D eigenvalue weighted by Gasteiger charge is -2.14. The molecule has 0 spiro atoms. The van der Waals surface area contributed by atoms with Crippen molar-refractivity contribution in [2.24, 2.45) is 5.84 Å². The number of carbonyl (C=O) groups is 1. The maximum atomic E-state index is 11.5. The minimum atomic E-state index is -0.274. The van der Waals surface area contributed by atoms with E-state index in [1.165, 1.54) is 22.9 Å². The third-order valence-corrected chi connectivity index (χ3v) is 3.68. The Bertz CT molecular complexity index is 371. The van der Waals surface area contributed by atoms with Crippen LogP contribution in [-0.2, 0) is 15.3 Å². The van der Waals surface area contributed by atoms with Crippen molar-refractivity contribution in [2.75, 3.05) is 13.7 Å². The van der Waals surface area contributed by atoms with Crippen LogP contribution in [0.1, 0.15) is 11.1 Å². The Kier molecular flexibility index (Phi) is 6.04. The van der Waals surface area contributed by atoms with Crippen LogP contribution in [0.25, 0.3) is 0 Å². The number of benzene rings is 1. The largest absolute Gasteiger partial charge is 0.383 e. The van der Waals surface area contributed by atoms with Gasteiger partial charge < -0.3 is 4.74 Å². The molecule has 17 heavy (non-hydrogen) atoms.